The van der Waals surface area contributed by atoms with Crippen molar-refractivity contribution >= 4 is 0 Å². The summed E-state index contributed by atoms with van der Waals surface area (Å²) in [6, 6.07) is 14.0. The summed E-state index contributed by atoms with van der Waals surface area (Å²) in [6.45, 7) is 3.62. The van der Waals surface area contributed by atoms with E-state index < -0.39 is 0 Å². The molecule has 0 bridgehead atoms. The van der Waals surface area contributed by atoms with Gasteiger partial charge in [0.05, 0.1) is 0 Å². The van der Waals surface area contributed by atoms with Crippen molar-refractivity contribution in [2.24, 2.45) is 0 Å². The van der Waals surface area contributed by atoms with E-state index in [1.54, 1.807) is 24.3 Å². The van der Waals surface area contributed by atoms with Crippen molar-refractivity contribution in [3.63, 3.8) is 0 Å². The Morgan fingerprint density at radius 2 is 0.889 bits per heavy atom. The molecular formula is C14H14Na2O2. The SMILES string of the molecule is Cc1ccccc1[O-].Cc1ccccc1[O-].[Na+].[Na+]. The molecule has 0 aliphatic rings. The summed E-state index contributed by atoms with van der Waals surface area (Å²) in [5, 5.41) is 21.2. The minimum absolute atomic E-state index is 0. The van der Waals surface area contributed by atoms with Crippen LogP contribution in [0.15, 0.2) is 48.5 Å². The monoisotopic (exact) mass is 260 g/mol. The summed E-state index contributed by atoms with van der Waals surface area (Å²) in [5.41, 5.74) is 1.63. The van der Waals surface area contributed by atoms with Crippen LogP contribution in [0.1, 0.15) is 11.1 Å². The maximum Gasteiger partial charge on any atom is 1.00 e. The van der Waals surface area contributed by atoms with Gasteiger partial charge in [0.2, 0.25) is 0 Å². The minimum atomic E-state index is 0. The van der Waals surface area contributed by atoms with Crippen molar-refractivity contribution in [3.8, 4) is 11.5 Å². The van der Waals surface area contributed by atoms with Crippen molar-refractivity contribution < 1.29 is 69.3 Å². The van der Waals surface area contributed by atoms with Crippen LogP contribution >= 0.6 is 0 Å². The molecule has 2 rings (SSSR count). The summed E-state index contributed by atoms with van der Waals surface area (Å²) in [7, 11) is 0. The van der Waals surface area contributed by atoms with Gasteiger partial charge in [-0.15, -0.1) is 11.5 Å². The van der Waals surface area contributed by atoms with Gasteiger partial charge >= 0.3 is 59.1 Å². The number of aryl methyl sites for hydroxylation is 2. The molecule has 0 aliphatic heterocycles. The van der Waals surface area contributed by atoms with Crippen molar-refractivity contribution in [3.05, 3.63) is 59.7 Å². The summed E-state index contributed by atoms with van der Waals surface area (Å²) >= 11 is 0. The van der Waals surface area contributed by atoms with Crippen LogP contribution in [0.4, 0.5) is 0 Å². The third-order valence-electron chi connectivity index (χ3n) is 2.19. The van der Waals surface area contributed by atoms with Crippen LogP contribution in [-0.4, -0.2) is 0 Å². The van der Waals surface area contributed by atoms with E-state index >= 15 is 0 Å². The Hall–Kier alpha value is 0.0400. The Morgan fingerprint density at radius 1 is 0.611 bits per heavy atom. The molecule has 84 valence electrons. The molecular weight excluding hydrogens is 246 g/mol. The molecule has 0 spiro atoms. The summed E-state index contributed by atoms with van der Waals surface area (Å²) < 4.78 is 0. The molecule has 0 aromatic heterocycles. The second-order valence-electron chi connectivity index (χ2n) is 3.53. The second-order valence-corrected chi connectivity index (χ2v) is 3.53. The molecule has 0 fully saturated rings. The molecule has 0 unspecified atom stereocenters. The third kappa shape index (κ3) is 7.47. The first kappa shape index (κ1) is 20.4. The number of hydrogen-bond acceptors (Lipinski definition) is 2. The average Bonchev–Trinajstić information content (AvgIpc) is 2.28. The standard InChI is InChI=1S/2C7H8O.2Na/c2*1-6-4-2-3-5-7(6)8;;/h2*2-5,8H,1H3;;/q;;2*+1/p-2. The van der Waals surface area contributed by atoms with Crippen LogP contribution in [0.25, 0.3) is 0 Å². The first-order valence-corrected chi connectivity index (χ1v) is 5.06. The molecule has 0 N–H and O–H groups in total. The fourth-order valence-electron chi connectivity index (χ4n) is 1.11. The predicted molar refractivity (Wildman–Crippen MR) is 61.3 cm³/mol. The second kappa shape index (κ2) is 10.9. The zero-order valence-corrected chi connectivity index (χ0v) is 15.4. The Kier molecular flexibility index (Phi) is 12.3. The summed E-state index contributed by atoms with van der Waals surface area (Å²) in [5.74, 6) is 0.236. The van der Waals surface area contributed by atoms with E-state index in [4.69, 9.17) is 0 Å². The van der Waals surface area contributed by atoms with Crippen LogP contribution in [0.5, 0.6) is 11.5 Å². The van der Waals surface area contributed by atoms with Gasteiger partial charge in [-0.05, 0) is 13.8 Å². The zero-order chi connectivity index (χ0) is 12.0. The fourth-order valence-corrected chi connectivity index (χ4v) is 1.11. The van der Waals surface area contributed by atoms with E-state index in [0.29, 0.717) is 0 Å². The van der Waals surface area contributed by atoms with Crippen molar-refractivity contribution in [1.29, 1.82) is 0 Å². The first-order valence-electron chi connectivity index (χ1n) is 5.06. The van der Waals surface area contributed by atoms with Gasteiger partial charge in [0.25, 0.3) is 0 Å². The maximum atomic E-state index is 10.6. The van der Waals surface area contributed by atoms with Gasteiger partial charge in [-0.25, -0.2) is 0 Å². The van der Waals surface area contributed by atoms with E-state index in [-0.39, 0.29) is 70.6 Å². The zero-order valence-electron chi connectivity index (χ0n) is 11.4. The summed E-state index contributed by atoms with van der Waals surface area (Å²) in [6.07, 6.45) is 0. The molecule has 2 nitrogen and oxygen atoms in total. The van der Waals surface area contributed by atoms with Crippen molar-refractivity contribution in [2.75, 3.05) is 0 Å². The summed E-state index contributed by atoms with van der Waals surface area (Å²) in [4.78, 5) is 0. The van der Waals surface area contributed by atoms with Crippen LogP contribution in [0.3, 0.4) is 0 Å². The van der Waals surface area contributed by atoms with Crippen LogP contribution in [0, 0.1) is 13.8 Å². The molecule has 0 radical (unpaired) electrons. The van der Waals surface area contributed by atoms with E-state index in [0.717, 1.165) is 11.1 Å². The van der Waals surface area contributed by atoms with Gasteiger partial charge < -0.3 is 10.2 Å². The van der Waals surface area contributed by atoms with E-state index in [2.05, 4.69) is 0 Å². The Bertz CT molecular complexity index is 374. The third-order valence-corrected chi connectivity index (χ3v) is 2.19. The Morgan fingerprint density at radius 3 is 1.06 bits per heavy atom. The molecule has 0 amide bonds. The van der Waals surface area contributed by atoms with Gasteiger partial charge in [-0.3, -0.25) is 0 Å². The first-order chi connectivity index (χ1) is 7.61. The van der Waals surface area contributed by atoms with E-state index in [9.17, 15) is 10.2 Å². The largest absolute Gasteiger partial charge is 1.00 e. The molecule has 0 saturated heterocycles. The van der Waals surface area contributed by atoms with Crippen molar-refractivity contribution in [1.82, 2.24) is 0 Å². The minimum Gasteiger partial charge on any atom is -0.872 e. The van der Waals surface area contributed by atoms with E-state index in [1.807, 2.05) is 38.1 Å². The number of hydrogen-bond donors (Lipinski definition) is 0. The quantitative estimate of drug-likeness (QED) is 0.455. The smallest absolute Gasteiger partial charge is 0.872 e. The number of rotatable bonds is 0. The van der Waals surface area contributed by atoms with Gasteiger partial charge in [0, 0.05) is 0 Å². The molecule has 18 heavy (non-hydrogen) atoms. The molecule has 0 atom stereocenters. The van der Waals surface area contributed by atoms with Crippen LogP contribution in [0.2, 0.25) is 0 Å². The number of para-hydroxylation sites is 2. The maximum absolute atomic E-state index is 10.6. The van der Waals surface area contributed by atoms with Crippen LogP contribution < -0.4 is 69.3 Å². The normalized spacial score (nSPS) is 8.11. The Balaban J connectivity index is 0. The predicted octanol–water partition coefficient (Wildman–Crippen LogP) is -3.85. The fraction of sp³-hybridized carbons (Fsp3) is 0.143. The molecule has 0 heterocycles. The van der Waals surface area contributed by atoms with Gasteiger partial charge in [0.1, 0.15) is 0 Å². The van der Waals surface area contributed by atoms with Crippen LogP contribution in [-0.2, 0) is 0 Å². The van der Waals surface area contributed by atoms with Crippen molar-refractivity contribution in [2.45, 2.75) is 13.8 Å². The van der Waals surface area contributed by atoms with Gasteiger partial charge in [0.15, 0.2) is 0 Å². The number of benzene rings is 2. The van der Waals surface area contributed by atoms with E-state index in [1.165, 1.54) is 0 Å². The average molecular weight is 260 g/mol. The molecule has 2 aromatic carbocycles. The molecule has 0 saturated carbocycles. The Labute approximate surface area is 153 Å². The molecule has 0 aliphatic carbocycles. The topological polar surface area (TPSA) is 46.1 Å². The molecule has 2 aromatic rings. The van der Waals surface area contributed by atoms with Gasteiger partial charge in [-0.1, -0.05) is 59.7 Å². The molecule has 4 heteroatoms. The van der Waals surface area contributed by atoms with Gasteiger partial charge in [-0.2, -0.15) is 0 Å².